The van der Waals surface area contributed by atoms with Gasteiger partial charge in [0.1, 0.15) is 0 Å². The van der Waals surface area contributed by atoms with Gasteiger partial charge >= 0.3 is 0 Å². The maximum Gasteiger partial charge on any atom is 0.0939 e. The van der Waals surface area contributed by atoms with Gasteiger partial charge in [0.25, 0.3) is 0 Å². The molecule has 124 valence electrons. The molecule has 1 spiro atoms. The average molecular weight is 298 g/mol. The van der Waals surface area contributed by atoms with Crippen molar-refractivity contribution in [1.29, 1.82) is 0 Å². The van der Waals surface area contributed by atoms with E-state index in [1.54, 1.807) is 0 Å². The van der Waals surface area contributed by atoms with E-state index in [4.69, 9.17) is 9.47 Å². The zero-order chi connectivity index (χ0) is 15.5. The quantitative estimate of drug-likeness (QED) is 0.816. The van der Waals surface area contributed by atoms with E-state index in [0.29, 0.717) is 12.0 Å². The molecule has 0 aliphatic carbocycles. The Morgan fingerprint density at radius 3 is 2.48 bits per heavy atom. The first-order valence-electron chi connectivity index (χ1n) is 8.60. The lowest BCUT2D eigenvalue weighted by Crippen LogP contribution is -2.62. The minimum absolute atomic E-state index is 0.00243. The zero-order valence-corrected chi connectivity index (χ0v) is 14.6. The maximum atomic E-state index is 6.13. The first-order chi connectivity index (χ1) is 10.0. The molecule has 4 nitrogen and oxygen atoms in total. The Labute approximate surface area is 130 Å². The first-order valence-corrected chi connectivity index (χ1v) is 8.60. The summed E-state index contributed by atoms with van der Waals surface area (Å²) in [4.78, 5) is 2.43. The smallest absolute Gasteiger partial charge is 0.0939 e. The maximum absolute atomic E-state index is 6.13. The van der Waals surface area contributed by atoms with Crippen molar-refractivity contribution in [2.24, 2.45) is 5.92 Å². The van der Waals surface area contributed by atoms with Gasteiger partial charge in [-0.15, -0.1) is 0 Å². The number of nitrogens with one attached hydrogen (secondary N) is 1. The normalized spacial score (nSPS) is 32.0. The number of nitrogens with zero attached hydrogens (tertiary/aromatic N) is 1. The number of hydrogen-bond donors (Lipinski definition) is 1. The predicted molar refractivity (Wildman–Crippen MR) is 86.7 cm³/mol. The van der Waals surface area contributed by atoms with Gasteiger partial charge in [-0.05, 0) is 52.7 Å². The van der Waals surface area contributed by atoms with E-state index in [0.717, 1.165) is 39.1 Å². The molecular weight excluding hydrogens is 264 g/mol. The Balaban J connectivity index is 2.19. The Morgan fingerprint density at radius 2 is 2.00 bits per heavy atom. The van der Waals surface area contributed by atoms with Gasteiger partial charge in [0.15, 0.2) is 0 Å². The van der Waals surface area contributed by atoms with Gasteiger partial charge < -0.3 is 19.7 Å². The van der Waals surface area contributed by atoms with E-state index in [9.17, 15) is 0 Å². The van der Waals surface area contributed by atoms with Crippen LogP contribution < -0.4 is 5.32 Å². The molecule has 0 aromatic rings. The summed E-state index contributed by atoms with van der Waals surface area (Å²) in [5.74, 6) is 0.660. The molecular formula is C17H34N2O2. The fourth-order valence-electron chi connectivity index (χ4n) is 4.76. The summed E-state index contributed by atoms with van der Waals surface area (Å²) in [7, 11) is 6.58. The van der Waals surface area contributed by atoms with Gasteiger partial charge in [-0.3, -0.25) is 0 Å². The highest BCUT2D eigenvalue weighted by Crippen LogP contribution is 2.41. The second-order valence-corrected chi connectivity index (χ2v) is 7.06. The number of ether oxygens (including phenoxy) is 2. The van der Waals surface area contributed by atoms with Crippen molar-refractivity contribution in [3.05, 3.63) is 0 Å². The molecule has 0 saturated carbocycles. The predicted octanol–water partition coefficient (Wildman–Crippen LogP) is 2.28. The Kier molecular flexibility index (Phi) is 5.69. The molecule has 4 heteroatoms. The molecule has 2 aliphatic rings. The lowest BCUT2D eigenvalue weighted by Gasteiger charge is -2.51. The van der Waals surface area contributed by atoms with Crippen LogP contribution in [0.2, 0.25) is 0 Å². The lowest BCUT2D eigenvalue weighted by atomic mass is 9.71. The molecule has 21 heavy (non-hydrogen) atoms. The molecule has 0 amide bonds. The number of likely N-dealkylation sites (N-methyl/N-ethyl adjacent to an activating group) is 2. The van der Waals surface area contributed by atoms with Crippen LogP contribution in [0.5, 0.6) is 0 Å². The molecule has 2 heterocycles. The molecule has 0 radical (unpaired) electrons. The van der Waals surface area contributed by atoms with E-state index in [2.05, 4.69) is 45.2 Å². The summed E-state index contributed by atoms with van der Waals surface area (Å²) in [6.07, 6.45) is 5.69. The fourth-order valence-corrected chi connectivity index (χ4v) is 4.76. The van der Waals surface area contributed by atoms with Crippen LogP contribution in [0.4, 0.5) is 0 Å². The summed E-state index contributed by atoms with van der Waals surface area (Å²) < 4.78 is 11.8. The Bertz CT molecular complexity index is 323. The Hall–Kier alpha value is -0.160. The molecule has 0 aromatic carbocycles. The summed E-state index contributed by atoms with van der Waals surface area (Å²) in [6, 6.07) is 0.504. The van der Waals surface area contributed by atoms with E-state index < -0.39 is 0 Å². The van der Waals surface area contributed by atoms with Crippen molar-refractivity contribution in [2.45, 2.75) is 63.1 Å². The van der Waals surface area contributed by atoms with Crippen molar-refractivity contribution in [3.8, 4) is 0 Å². The van der Waals surface area contributed by atoms with Gasteiger partial charge in [-0.1, -0.05) is 13.8 Å². The SMILES string of the molecule is CCC(CC)(C(NC)C1CCOC2(CCOC2)C1)N(C)C. The molecule has 2 fully saturated rings. The highest BCUT2D eigenvalue weighted by atomic mass is 16.6. The van der Waals surface area contributed by atoms with E-state index in [1.165, 1.54) is 12.8 Å². The van der Waals surface area contributed by atoms with Crippen LogP contribution >= 0.6 is 0 Å². The van der Waals surface area contributed by atoms with Crippen molar-refractivity contribution in [2.75, 3.05) is 41.0 Å². The molecule has 0 aromatic heterocycles. The van der Waals surface area contributed by atoms with Crippen molar-refractivity contribution in [1.82, 2.24) is 10.2 Å². The second kappa shape index (κ2) is 6.95. The largest absolute Gasteiger partial charge is 0.378 e. The third-order valence-electron chi connectivity index (χ3n) is 6.07. The van der Waals surface area contributed by atoms with Crippen LogP contribution in [0.1, 0.15) is 46.0 Å². The summed E-state index contributed by atoms with van der Waals surface area (Å²) >= 11 is 0. The molecule has 2 saturated heterocycles. The third-order valence-corrected chi connectivity index (χ3v) is 6.07. The van der Waals surface area contributed by atoms with Crippen LogP contribution in [-0.2, 0) is 9.47 Å². The van der Waals surface area contributed by atoms with Gasteiger partial charge in [-0.2, -0.15) is 0 Å². The third kappa shape index (κ3) is 3.14. The molecule has 0 bridgehead atoms. The highest BCUT2D eigenvalue weighted by molar-refractivity contribution is 5.03. The number of hydrogen-bond acceptors (Lipinski definition) is 4. The van der Waals surface area contributed by atoms with Gasteiger partial charge in [0.05, 0.1) is 12.2 Å². The van der Waals surface area contributed by atoms with Gasteiger partial charge in [0, 0.05) is 31.2 Å². The van der Waals surface area contributed by atoms with Crippen molar-refractivity contribution >= 4 is 0 Å². The molecule has 2 aliphatic heterocycles. The van der Waals surface area contributed by atoms with Crippen LogP contribution in [-0.4, -0.2) is 63.0 Å². The standard InChI is InChI=1S/C17H34N2O2/c1-6-17(7-2,19(4)5)15(18-3)14-8-10-21-16(12-14)9-11-20-13-16/h14-15,18H,6-13H2,1-5H3. The van der Waals surface area contributed by atoms with E-state index >= 15 is 0 Å². The van der Waals surface area contributed by atoms with E-state index in [1.807, 2.05) is 0 Å². The minimum Gasteiger partial charge on any atom is -0.378 e. The number of rotatable bonds is 6. The summed E-state index contributed by atoms with van der Waals surface area (Å²) in [5, 5.41) is 3.66. The zero-order valence-electron chi connectivity index (χ0n) is 14.6. The first kappa shape index (κ1) is 17.2. The van der Waals surface area contributed by atoms with Crippen molar-refractivity contribution < 1.29 is 9.47 Å². The molecule has 1 N–H and O–H groups in total. The van der Waals surface area contributed by atoms with Crippen LogP contribution in [0, 0.1) is 5.92 Å². The van der Waals surface area contributed by atoms with Crippen LogP contribution in [0.3, 0.4) is 0 Å². The minimum atomic E-state index is -0.00243. The summed E-state index contributed by atoms with van der Waals surface area (Å²) in [6.45, 7) is 7.16. The fraction of sp³-hybridized carbons (Fsp3) is 1.00. The topological polar surface area (TPSA) is 33.7 Å². The van der Waals surface area contributed by atoms with Gasteiger partial charge in [-0.25, -0.2) is 0 Å². The average Bonchev–Trinajstić information content (AvgIpc) is 2.92. The molecule has 2 rings (SSSR count). The highest BCUT2D eigenvalue weighted by Gasteiger charge is 2.48. The summed E-state index contributed by atoms with van der Waals surface area (Å²) in [5.41, 5.74) is 0.217. The second-order valence-electron chi connectivity index (χ2n) is 7.06. The van der Waals surface area contributed by atoms with Crippen LogP contribution in [0.25, 0.3) is 0 Å². The van der Waals surface area contributed by atoms with E-state index in [-0.39, 0.29) is 11.1 Å². The van der Waals surface area contributed by atoms with Crippen molar-refractivity contribution in [3.63, 3.8) is 0 Å². The molecule has 3 unspecified atom stereocenters. The van der Waals surface area contributed by atoms with Gasteiger partial charge in [0.2, 0.25) is 0 Å². The monoisotopic (exact) mass is 298 g/mol. The van der Waals surface area contributed by atoms with Crippen LogP contribution in [0.15, 0.2) is 0 Å². The lowest BCUT2D eigenvalue weighted by molar-refractivity contribution is -0.112. The Morgan fingerprint density at radius 1 is 1.29 bits per heavy atom. The molecule has 3 atom stereocenters.